The number of rotatable bonds is 2. The van der Waals surface area contributed by atoms with Crippen molar-refractivity contribution in [2.75, 3.05) is 11.2 Å². The normalized spacial score (nSPS) is 19.3. The van der Waals surface area contributed by atoms with Gasteiger partial charge in [0.2, 0.25) is 5.72 Å². The molecule has 2 aliphatic rings. The van der Waals surface area contributed by atoms with Crippen molar-refractivity contribution in [3.8, 4) is 11.5 Å². The molecule has 1 unspecified atom stereocenters. The number of benzene rings is 3. The first-order valence-corrected chi connectivity index (χ1v) is 9.13. The Hall–Kier alpha value is -3.05. The zero-order valence-corrected chi connectivity index (χ0v) is 15.0. The van der Waals surface area contributed by atoms with E-state index in [9.17, 15) is 4.79 Å². The van der Waals surface area contributed by atoms with E-state index < -0.39 is 11.7 Å². The van der Waals surface area contributed by atoms with Crippen molar-refractivity contribution < 1.29 is 14.3 Å². The van der Waals surface area contributed by atoms with E-state index in [2.05, 4.69) is 11.4 Å². The number of hydrogen-bond donors (Lipinski definition) is 1. The lowest BCUT2D eigenvalue weighted by Gasteiger charge is -2.31. The third-order valence-corrected chi connectivity index (χ3v) is 5.00. The number of halogens is 1. The van der Waals surface area contributed by atoms with Gasteiger partial charge >= 0.3 is 5.97 Å². The largest absolute Gasteiger partial charge is 0.460 e. The van der Waals surface area contributed by atoms with E-state index in [0.29, 0.717) is 5.75 Å². The van der Waals surface area contributed by atoms with Crippen LogP contribution in [0.3, 0.4) is 0 Å². The summed E-state index contributed by atoms with van der Waals surface area (Å²) in [6.07, 6.45) is 2.55. The zero-order valence-electron chi connectivity index (χ0n) is 14.2. The van der Waals surface area contributed by atoms with Gasteiger partial charge in [-0.25, -0.2) is 0 Å². The van der Waals surface area contributed by atoms with Gasteiger partial charge in [-0.2, -0.15) is 0 Å². The molecule has 0 aliphatic carbocycles. The Bertz CT molecular complexity index is 1080. The Kier molecular flexibility index (Phi) is 3.58. The van der Waals surface area contributed by atoms with Crippen molar-refractivity contribution in [2.24, 2.45) is 4.99 Å². The molecule has 1 spiro atoms. The quantitative estimate of drug-likeness (QED) is 0.407. The standard InChI is InChI=1S/C21H15ClN2O3/c22-11-19(25)26-15-6-7-16-13(9-15)5-8-18-20(16)23-12-21(27-18)10-14-3-1-2-4-17(14)24-21/h1-9,12,24H,10-11H2. The first-order valence-electron chi connectivity index (χ1n) is 8.60. The smallest absolute Gasteiger partial charge is 0.326 e. The molecule has 0 amide bonds. The highest BCUT2D eigenvalue weighted by Crippen LogP contribution is 2.44. The molecule has 5 rings (SSSR count). The number of carbonyl (C=O) groups excluding carboxylic acids is 1. The minimum absolute atomic E-state index is 0.183. The Morgan fingerprint density at radius 3 is 2.96 bits per heavy atom. The van der Waals surface area contributed by atoms with Crippen LogP contribution in [-0.4, -0.2) is 23.8 Å². The monoisotopic (exact) mass is 378 g/mol. The summed E-state index contributed by atoms with van der Waals surface area (Å²) in [6, 6.07) is 17.4. The first-order chi connectivity index (χ1) is 13.2. The topological polar surface area (TPSA) is 59.9 Å². The lowest BCUT2D eigenvalue weighted by atomic mass is 10.0. The van der Waals surface area contributed by atoms with Gasteiger partial charge < -0.3 is 14.8 Å². The Labute approximate surface area is 160 Å². The van der Waals surface area contributed by atoms with Gasteiger partial charge in [0.1, 0.15) is 23.1 Å². The summed E-state index contributed by atoms with van der Waals surface area (Å²) in [4.78, 5) is 16.1. The van der Waals surface area contributed by atoms with Crippen LogP contribution in [-0.2, 0) is 11.2 Å². The van der Waals surface area contributed by atoms with Crippen molar-refractivity contribution in [3.05, 3.63) is 60.2 Å². The number of nitrogens with zero attached hydrogens (tertiary/aromatic N) is 1. The number of esters is 1. The average Bonchev–Trinajstić information content (AvgIpc) is 3.04. The summed E-state index contributed by atoms with van der Waals surface area (Å²) in [7, 11) is 0. The summed E-state index contributed by atoms with van der Waals surface area (Å²) in [5.74, 6) is 0.510. The molecule has 134 valence electrons. The Balaban J connectivity index is 1.50. The molecule has 0 saturated heterocycles. The lowest BCUT2D eigenvalue weighted by Crippen LogP contribution is -2.45. The van der Waals surface area contributed by atoms with Crippen LogP contribution >= 0.6 is 11.6 Å². The highest BCUT2D eigenvalue weighted by atomic mass is 35.5. The zero-order chi connectivity index (χ0) is 18.4. The van der Waals surface area contributed by atoms with Gasteiger partial charge in [0.05, 0.1) is 6.21 Å². The fraction of sp³-hybridized carbons (Fsp3) is 0.143. The predicted molar refractivity (Wildman–Crippen MR) is 106 cm³/mol. The number of ether oxygens (including phenoxy) is 2. The van der Waals surface area contributed by atoms with Gasteiger partial charge in [-0.3, -0.25) is 9.79 Å². The van der Waals surface area contributed by atoms with Crippen LogP contribution in [0.2, 0.25) is 0 Å². The van der Waals surface area contributed by atoms with E-state index in [1.54, 1.807) is 12.1 Å². The van der Waals surface area contributed by atoms with E-state index in [0.717, 1.165) is 34.3 Å². The number of para-hydroxylation sites is 1. The van der Waals surface area contributed by atoms with Crippen molar-refractivity contribution >= 4 is 45.9 Å². The molecule has 1 atom stereocenters. The molecule has 3 aromatic carbocycles. The maximum absolute atomic E-state index is 11.4. The maximum Gasteiger partial charge on any atom is 0.326 e. The number of nitrogens with one attached hydrogen (secondary N) is 1. The maximum atomic E-state index is 11.4. The second kappa shape index (κ2) is 5.99. The second-order valence-electron chi connectivity index (χ2n) is 6.61. The van der Waals surface area contributed by atoms with Gasteiger partial charge in [-0.15, -0.1) is 11.6 Å². The number of fused-ring (bicyclic) bond motifs is 4. The van der Waals surface area contributed by atoms with Gasteiger partial charge in [0.15, 0.2) is 0 Å². The number of hydrogen-bond acceptors (Lipinski definition) is 5. The van der Waals surface area contributed by atoms with Crippen LogP contribution in [0, 0.1) is 0 Å². The first kappa shape index (κ1) is 16.1. The minimum atomic E-state index is -0.653. The molecule has 5 nitrogen and oxygen atoms in total. The molecule has 2 aliphatic heterocycles. The average molecular weight is 379 g/mol. The Morgan fingerprint density at radius 2 is 2.11 bits per heavy atom. The van der Waals surface area contributed by atoms with Crippen LogP contribution in [0.15, 0.2) is 59.6 Å². The highest BCUT2D eigenvalue weighted by Gasteiger charge is 2.40. The summed E-state index contributed by atoms with van der Waals surface area (Å²) in [5, 5.41) is 5.27. The van der Waals surface area contributed by atoms with Crippen LogP contribution in [0.25, 0.3) is 10.8 Å². The van der Waals surface area contributed by atoms with Gasteiger partial charge in [-0.1, -0.05) is 24.3 Å². The third-order valence-electron chi connectivity index (χ3n) is 4.78. The van der Waals surface area contributed by atoms with Crippen LogP contribution in [0.5, 0.6) is 11.5 Å². The molecular weight excluding hydrogens is 364 g/mol. The van der Waals surface area contributed by atoms with E-state index in [1.165, 1.54) is 5.56 Å². The SMILES string of the molecule is O=C(CCl)Oc1ccc2c3c(ccc2c1)OC1(C=N3)Cc2ccccc2N1. The van der Waals surface area contributed by atoms with Gasteiger partial charge in [0.25, 0.3) is 0 Å². The van der Waals surface area contributed by atoms with Crippen LogP contribution in [0.4, 0.5) is 11.4 Å². The number of aliphatic imine (C=N–C) groups is 1. The third kappa shape index (κ3) is 2.71. The van der Waals surface area contributed by atoms with Crippen molar-refractivity contribution in [1.29, 1.82) is 0 Å². The molecule has 0 bridgehead atoms. The Morgan fingerprint density at radius 1 is 1.22 bits per heavy atom. The van der Waals surface area contributed by atoms with Crippen LogP contribution < -0.4 is 14.8 Å². The lowest BCUT2D eigenvalue weighted by molar-refractivity contribution is -0.131. The van der Waals surface area contributed by atoms with Gasteiger partial charge in [0, 0.05) is 17.5 Å². The minimum Gasteiger partial charge on any atom is -0.460 e. The molecule has 6 heteroatoms. The number of alkyl halides is 1. The van der Waals surface area contributed by atoms with Crippen molar-refractivity contribution in [3.63, 3.8) is 0 Å². The molecule has 0 fully saturated rings. The molecule has 0 radical (unpaired) electrons. The molecule has 27 heavy (non-hydrogen) atoms. The molecule has 1 N–H and O–H groups in total. The molecule has 3 aromatic rings. The van der Waals surface area contributed by atoms with Gasteiger partial charge in [-0.05, 0) is 41.3 Å². The fourth-order valence-corrected chi connectivity index (χ4v) is 3.65. The van der Waals surface area contributed by atoms with E-state index in [-0.39, 0.29) is 5.88 Å². The fourth-order valence-electron chi connectivity index (χ4n) is 3.59. The highest BCUT2D eigenvalue weighted by molar-refractivity contribution is 6.26. The molecule has 0 aromatic heterocycles. The van der Waals surface area contributed by atoms with Crippen molar-refractivity contribution in [1.82, 2.24) is 0 Å². The van der Waals surface area contributed by atoms with Crippen LogP contribution in [0.1, 0.15) is 5.56 Å². The molecule has 2 heterocycles. The summed E-state index contributed by atoms with van der Waals surface area (Å²) < 4.78 is 11.5. The summed E-state index contributed by atoms with van der Waals surface area (Å²) in [6.45, 7) is 0. The molecule has 0 saturated carbocycles. The van der Waals surface area contributed by atoms with E-state index >= 15 is 0 Å². The second-order valence-corrected chi connectivity index (χ2v) is 6.88. The summed E-state index contributed by atoms with van der Waals surface area (Å²) >= 11 is 5.49. The number of anilines is 1. The van der Waals surface area contributed by atoms with E-state index in [1.807, 2.05) is 42.6 Å². The number of carbonyl (C=O) groups is 1. The molecular formula is C21H15ClN2O3. The van der Waals surface area contributed by atoms with E-state index in [4.69, 9.17) is 26.1 Å². The summed E-state index contributed by atoms with van der Waals surface area (Å²) in [5.41, 5.74) is 2.39. The predicted octanol–water partition coefficient (Wildman–Crippen LogP) is 4.44. The van der Waals surface area contributed by atoms with Crippen molar-refractivity contribution in [2.45, 2.75) is 12.1 Å².